The van der Waals surface area contributed by atoms with Crippen molar-refractivity contribution < 1.29 is 9.90 Å². The molecule has 2 aromatic rings. The number of rotatable bonds is 3. The van der Waals surface area contributed by atoms with Gasteiger partial charge in [-0.3, -0.25) is 9.59 Å². The van der Waals surface area contributed by atoms with Crippen LogP contribution in [0.3, 0.4) is 0 Å². The molecule has 1 aromatic carbocycles. The zero-order chi connectivity index (χ0) is 15.5. The third kappa shape index (κ3) is 2.78. The molecular formula is C16H17N3O3. The minimum atomic E-state index is -1.18. The summed E-state index contributed by atoms with van der Waals surface area (Å²) in [7, 11) is 0. The molecule has 2 N–H and O–H groups in total. The summed E-state index contributed by atoms with van der Waals surface area (Å²) >= 11 is 0. The summed E-state index contributed by atoms with van der Waals surface area (Å²) < 4.78 is 0. The molecule has 1 saturated heterocycles. The molecule has 2 atom stereocenters. The molecule has 0 radical (unpaired) electrons. The van der Waals surface area contributed by atoms with Gasteiger partial charge in [0.1, 0.15) is 0 Å². The number of aromatic amines is 1. The fourth-order valence-electron chi connectivity index (χ4n) is 2.81. The van der Waals surface area contributed by atoms with E-state index in [9.17, 15) is 14.7 Å². The molecule has 0 aliphatic carbocycles. The van der Waals surface area contributed by atoms with Gasteiger partial charge in [0.15, 0.2) is 6.10 Å². The number of nitrogens with one attached hydrogen (secondary N) is 1. The van der Waals surface area contributed by atoms with E-state index in [0.717, 1.165) is 12.8 Å². The van der Waals surface area contributed by atoms with E-state index in [1.165, 1.54) is 6.07 Å². The number of H-pyrrole nitrogens is 1. The fourth-order valence-corrected chi connectivity index (χ4v) is 2.81. The van der Waals surface area contributed by atoms with Crippen molar-refractivity contribution in [3.8, 4) is 0 Å². The number of nitrogens with zero attached hydrogens (tertiary/aromatic N) is 2. The highest BCUT2D eigenvalue weighted by molar-refractivity contribution is 5.82. The molecule has 1 aliphatic heterocycles. The van der Waals surface area contributed by atoms with Crippen molar-refractivity contribution >= 4 is 5.91 Å². The number of hydrogen-bond donors (Lipinski definition) is 2. The molecule has 2 heterocycles. The van der Waals surface area contributed by atoms with Gasteiger partial charge < -0.3 is 10.0 Å². The van der Waals surface area contributed by atoms with Crippen LogP contribution in [0.25, 0.3) is 0 Å². The summed E-state index contributed by atoms with van der Waals surface area (Å²) in [5.74, 6) is -0.332. The lowest BCUT2D eigenvalue weighted by Gasteiger charge is -2.26. The first-order chi connectivity index (χ1) is 10.7. The van der Waals surface area contributed by atoms with E-state index < -0.39 is 6.10 Å². The second kappa shape index (κ2) is 6.11. The van der Waals surface area contributed by atoms with E-state index in [1.54, 1.807) is 35.2 Å². The summed E-state index contributed by atoms with van der Waals surface area (Å²) in [6.07, 6.45) is 0.440. The second-order valence-corrected chi connectivity index (χ2v) is 5.35. The molecule has 114 valence electrons. The Morgan fingerprint density at radius 3 is 2.73 bits per heavy atom. The Labute approximate surface area is 127 Å². The predicted octanol–water partition coefficient (Wildman–Crippen LogP) is 1.17. The largest absolute Gasteiger partial charge is 0.378 e. The van der Waals surface area contributed by atoms with Gasteiger partial charge in [0.2, 0.25) is 0 Å². The molecule has 0 spiro atoms. The highest BCUT2D eigenvalue weighted by Crippen LogP contribution is 2.32. The maximum absolute atomic E-state index is 12.6. The summed E-state index contributed by atoms with van der Waals surface area (Å²) in [6, 6.07) is 11.7. The van der Waals surface area contributed by atoms with Gasteiger partial charge in [0, 0.05) is 12.6 Å². The minimum absolute atomic E-state index is 0.206. The van der Waals surface area contributed by atoms with E-state index in [2.05, 4.69) is 10.2 Å². The number of carbonyl (C=O) groups is 1. The molecule has 1 aliphatic rings. The third-order valence-corrected chi connectivity index (χ3v) is 3.93. The lowest BCUT2D eigenvalue weighted by molar-refractivity contribution is -0.141. The standard InChI is InChI=1S/C16H17N3O3/c20-14-9-8-12(17-18-14)13-7-4-10-19(13)16(22)15(21)11-5-2-1-3-6-11/h1-3,5-6,8-9,13,15,21H,4,7,10H2,(H,18,20). The van der Waals surface area contributed by atoms with Gasteiger partial charge in [-0.2, -0.15) is 5.10 Å². The van der Waals surface area contributed by atoms with Crippen LogP contribution in [-0.4, -0.2) is 32.7 Å². The van der Waals surface area contributed by atoms with Crippen LogP contribution >= 0.6 is 0 Å². The lowest BCUT2D eigenvalue weighted by atomic mass is 10.1. The SMILES string of the molecule is O=C(C(O)c1ccccc1)N1CCCC1c1ccc(=O)[nH]n1. The Hall–Kier alpha value is -2.47. The lowest BCUT2D eigenvalue weighted by Crippen LogP contribution is -2.35. The molecular weight excluding hydrogens is 282 g/mol. The van der Waals surface area contributed by atoms with Crippen molar-refractivity contribution in [3.05, 3.63) is 64.1 Å². The van der Waals surface area contributed by atoms with Crippen LogP contribution in [0.2, 0.25) is 0 Å². The van der Waals surface area contributed by atoms with Gasteiger partial charge in [-0.1, -0.05) is 30.3 Å². The van der Waals surface area contributed by atoms with Gasteiger partial charge in [-0.25, -0.2) is 5.10 Å². The summed E-state index contributed by atoms with van der Waals surface area (Å²) in [4.78, 5) is 25.3. The maximum Gasteiger partial charge on any atom is 0.264 e. The van der Waals surface area contributed by atoms with Crippen molar-refractivity contribution in [3.63, 3.8) is 0 Å². The predicted molar refractivity (Wildman–Crippen MR) is 79.9 cm³/mol. The highest BCUT2D eigenvalue weighted by Gasteiger charge is 2.34. The first kappa shape index (κ1) is 14.5. The van der Waals surface area contributed by atoms with Crippen molar-refractivity contribution in [2.75, 3.05) is 6.54 Å². The average Bonchev–Trinajstić information content (AvgIpc) is 3.04. The fraction of sp³-hybridized carbons (Fsp3) is 0.312. The number of benzene rings is 1. The molecule has 22 heavy (non-hydrogen) atoms. The first-order valence-corrected chi connectivity index (χ1v) is 7.26. The summed E-state index contributed by atoms with van der Waals surface area (Å²) in [6.45, 7) is 0.578. The Morgan fingerprint density at radius 2 is 2.05 bits per heavy atom. The van der Waals surface area contributed by atoms with Crippen LogP contribution < -0.4 is 5.56 Å². The van der Waals surface area contributed by atoms with E-state index in [-0.39, 0.29) is 17.5 Å². The van der Waals surface area contributed by atoms with E-state index in [4.69, 9.17) is 0 Å². The average molecular weight is 299 g/mol. The Kier molecular flexibility index (Phi) is 4.02. The van der Waals surface area contributed by atoms with Crippen LogP contribution in [0.5, 0.6) is 0 Å². The molecule has 6 heteroatoms. The third-order valence-electron chi connectivity index (χ3n) is 3.93. The van der Waals surface area contributed by atoms with Crippen LogP contribution in [0.1, 0.15) is 36.2 Å². The van der Waals surface area contributed by atoms with Crippen molar-refractivity contribution in [2.24, 2.45) is 0 Å². The molecule has 0 bridgehead atoms. The summed E-state index contributed by atoms with van der Waals surface area (Å²) in [5.41, 5.74) is 0.947. The number of amides is 1. The van der Waals surface area contributed by atoms with Gasteiger partial charge in [0.25, 0.3) is 11.5 Å². The van der Waals surface area contributed by atoms with Crippen LogP contribution in [-0.2, 0) is 4.79 Å². The first-order valence-electron chi connectivity index (χ1n) is 7.26. The molecule has 0 saturated carbocycles. The topological polar surface area (TPSA) is 86.3 Å². The van der Waals surface area contributed by atoms with Crippen LogP contribution in [0.4, 0.5) is 0 Å². The monoisotopic (exact) mass is 299 g/mol. The Bertz CT molecular complexity index is 694. The Morgan fingerprint density at radius 1 is 1.27 bits per heavy atom. The molecule has 6 nitrogen and oxygen atoms in total. The van der Waals surface area contributed by atoms with Crippen molar-refractivity contribution in [2.45, 2.75) is 25.0 Å². The van der Waals surface area contributed by atoms with Crippen LogP contribution in [0.15, 0.2) is 47.3 Å². The number of aliphatic hydroxyl groups is 1. The van der Waals surface area contributed by atoms with Crippen LogP contribution in [0, 0.1) is 0 Å². The van der Waals surface area contributed by atoms with Crippen molar-refractivity contribution in [1.29, 1.82) is 0 Å². The van der Waals surface area contributed by atoms with Gasteiger partial charge in [0.05, 0.1) is 11.7 Å². The smallest absolute Gasteiger partial charge is 0.264 e. The number of aliphatic hydroxyl groups excluding tert-OH is 1. The zero-order valence-corrected chi connectivity index (χ0v) is 12.0. The highest BCUT2D eigenvalue weighted by atomic mass is 16.3. The van der Waals surface area contributed by atoms with Crippen molar-refractivity contribution in [1.82, 2.24) is 15.1 Å². The molecule has 2 unspecified atom stereocenters. The van der Waals surface area contributed by atoms with E-state index >= 15 is 0 Å². The number of likely N-dealkylation sites (tertiary alicyclic amines) is 1. The number of carbonyl (C=O) groups excluding carboxylic acids is 1. The van der Waals surface area contributed by atoms with E-state index in [1.807, 2.05) is 6.07 Å². The number of hydrogen-bond acceptors (Lipinski definition) is 4. The summed E-state index contributed by atoms with van der Waals surface area (Å²) in [5, 5.41) is 16.7. The normalized spacial score (nSPS) is 19.1. The molecule has 1 aromatic heterocycles. The number of aromatic nitrogens is 2. The molecule has 3 rings (SSSR count). The van der Waals surface area contributed by atoms with Gasteiger partial charge in [-0.05, 0) is 24.5 Å². The zero-order valence-electron chi connectivity index (χ0n) is 12.0. The maximum atomic E-state index is 12.6. The molecule has 1 fully saturated rings. The molecule has 1 amide bonds. The quantitative estimate of drug-likeness (QED) is 0.890. The second-order valence-electron chi connectivity index (χ2n) is 5.35. The van der Waals surface area contributed by atoms with Gasteiger partial charge in [-0.15, -0.1) is 0 Å². The van der Waals surface area contributed by atoms with Gasteiger partial charge >= 0.3 is 0 Å². The Balaban J connectivity index is 1.82. The minimum Gasteiger partial charge on any atom is -0.378 e. The van der Waals surface area contributed by atoms with E-state index in [0.29, 0.717) is 17.8 Å².